The summed E-state index contributed by atoms with van der Waals surface area (Å²) in [5, 5.41) is 13.7. The van der Waals surface area contributed by atoms with Crippen LogP contribution in [0.3, 0.4) is 0 Å². The third kappa shape index (κ3) is 4.49. The minimum Gasteiger partial charge on any atom is -0.355 e. The smallest absolute Gasteiger partial charge is 0.269 e. The molecule has 8 nitrogen and oxygen atoms in total. The highest BCUT2D eigenvalue weighted by molar-refractivity contribution is 5.94. The molecule has 2 fully saturated rings. The van der Waals surface area contributed by atoms with Gasteiger partial charge in [0.2, 0.25) is 5.91 Å². The van der Waals surface area contributed by atoms with Crippen molar-refractivity contribution in [3.8, 4) is 0 Å². The molecule has 1 aromatic rings. The predicted molar refractivity (Wildman–Crippen MR) is 105 cm³/mol. The van der Waals surface area contributed by atoms with E-state index in [4.69, 9.17) is 0 Å². The zero-order valence-corrected chi connectivity index (χ0v) is 16.3. The molecule has 1 aliphatic carbocycles. The number of hydrogen-bond donors (Lipinski definition) is 1. The molecule has 3 rings (SSSR count). The Labute approximate surface area is 165 Å². The largest absolute Gasteiger partial charge is 0.355 e. The summed E-state index contributed by atoms with van der Waals surface area (Å²) in [5.74, 6) is 0.373. The monoisotopic (exact) mass is 388 g/mol. The number of piperazine rings is 1. The van der Waals surface area contributed by atoms with Crippen molar-refractivity contribution >= 4 is 17.5 Å². The van der Waals surface area contributed by atoms with Gasteiger partial charge >= 0.3 is 0 Å². The molecule has 0 bridgehead atoms. The fourth-order valence-corrected chi connectivity index (χ4v) is 4.34. The molecule has 1 aromatic carbocycles. The van der Waals surface area contributed by atoms with Crippen LogP contribution in [0.2, 0.25) is 0 Å². The fourth-order valence-electron chi connectivity index (χ4n) is 4.34. The van der Waals surface area contributed by atoms with E-state index in [9.17, 15) is 19.7 Å². The Balaban J connectivity index is 1.62. The Kier molecular flexibility index (Phi) is 6.61. The third-order valence-corrected chi connectivity index (χ3v) is 5.79. The van der Waals surface area contributed by atoms with Crippen LogP contribution in [-0.4, -0.2) is 65.3 Å². The number of likely N-dealkylation sites (N-methyl/N-ethyl adjacent to an activating group) is 1. The van der Waals surface area contributed by atoms with Crippen LogP contribution < -0.4 is 5.32 Å². The molecule has 0 aromatic heterocycles. The number of carbonyl (C=O) groups excluding carboxylic acids is 2. The number of nitrogens with one attached hydrogen (secondary N) is 1. The summed E-state index contributed by atoms with van der Waals surface area (Å²) in [5.41, 5.74) is 0.429. The van der Waals surface area contributed by atoms with Gasteiger partial charge in [-0.05, 0) is 37.8 Å². The number of nitrogens with zero attached hydrogens (tertiary/aromatic N) is 3. The second kappa shape index (κ2) is 9.14. The first kappa shape index (κ1) is 20.3. The minimum absolute atomic E-state index is 0.0253. The number of non-ortho nitro benzene ring substituents is 1. The summed E-state index contributed by atoms with van der Waals surface area (Å²) in [6, 6.07) is 5.61. The van der Waals surface area contributed by atoms with E-state index in [0.717, 1.165) is 12.8 Å². The Bertz CT molecular complexity index is 707. The second-order valence-electron chi connectivity index (χ2n) is 7.52. The van der Waals surface area contributed by atoms with Gasteiger partial charge in [0.1, 0.15) is 0 Å². The van der Waals surface area contributed by atoms with E-state index in [0.29, 0.717) is 44.2 Å². The van der Waals surface area contributed by atoms with Gasteiger partial charge in [-0.1, -0.05) is 12.8 Å². The molecule has 1 N–H and O–H groups in total. The van der Waals surface area contributed by atoms with Crippen molar-refractivity contribution < 1.29 is 14.5 Å². The van der Waals surface area contributed by atoms with Crippen LogP contribution in [0, 0.1) is 16.0 Å². The number of benzene rings is 1. The molecule has 1 unspecified atom stereocenters. The molecule has 8 heteroatoms. The summed E-state index contributed by atoms with van der Waals surface area (Å²) >= 11 is 0. The molecule has 1 heterocycles. The van der Waals surface area contributed by atoms with Crippen LogP contribution >= 0.6 is 0 Å². The SMILES string of the molecule is CCNC(=O)C(C1CCCC1)N1CCN(C(=O)c2ccc([N+](=O)[O-])cc2)CC1. The van der Waals surface area contributed by atoms with Crippen LogP contribution in [0.15, 0.2) is 24.3 Å². The van der Waals surface area contributed by atoms with Crippen molar-refractivity contribution in [2.75, 3.05) is 32.7 Å². The van der Waals surface area contributed by atoms with Crippen molar-refractivity contribution in [1.29, 1.82) is 0 Å². The highest BCUT2D eigenvalue weighted by Gasteiger charge is 2.37. The first-order valence-corrected chi connectivity index (χ1v) is 10.1. The summed E-state index contributed by atoms with van der Waals surface area (Å²) in [6.45, 7) is 5.00. The Morgan fingerprint density at radius 1 is 1.14 bits per heavy atom. The molecule has 1 saturated carbocycles. The Morgan fingerprint density at radius 3 is 2.29 bits per heavy atom. The average molecular weight is 388 g/mol. The quantitative estimate of drug-likeness (QED) is 0.594. The lowest BCUT2D eigenvalue weighted by molar-refractivity contribution is -0.384. The molecule has 1 aliphatic heterocycles. The van der Waals surface area contributed by atoms with Gasteiger partial charge < -0.3 is 10.2 Å². The normalized spacial score (nSPS) is 19.4. The van der Waals surface area contributed by atoms with Crippen LogP contribution in [0.5, 0.6) is 0 Å². The summed E-state index contributed by atoms with van der Waals surface area (Å²) < 4.78 is 0. The van der Waals surface area contributed by atoms with Gasteiger partial charge in [-0.25, -0.2) is 0 Å². The lowest BCUT2D eigenvalue weighted by Crippen LogP contribution is -2.58. The van der Waals surface area contributed by atoms with Gasteiger partial charge in [0, 0.05) is 50.4 Å². The summed E-state index contributed by atoms with van der Waals surface area (Å²) in [4.78, 5) is 39.7. The van der Waals surface area contributed by atoms with E-state index in [2.05, 4.69) is 10.2 Å². The Hall–Kier alpha value is -2.48. The maximum atomic E-state index is 12.7. The Morgan fingerprint density at radius 2 is 1.75 bits per heavy atom. The molecule has 152 valence electrons. The molecular formula is C20H28N4O4. The number of hydrogen-bond acceptors (Lipinski definition) is 5. The van der Waals surface area contributed by atoms with Crippen molar-refractivity contribution in [2.45, 2.75) is 38.6 Å². The van der Waals surface area contributed by atoms with E-state index in [1.165, 1.54) is 37.1 Å². The molecule has 28 heavy (non-hydrogen) atoms. The highest BCUT2D eigenvalue weighted by atomic mass is 16.6. The van der Waals surface area contributed by atoms with E-state index in [1.807, 2.05) is 6.92 Å². The molecule has 2 aliphatic rings. The predicted octanol–water partition coefficient (Wildman–Crippen LogP) is 2.05. The lowest BCUT2D eigenvalue weighted by Gasteiger charge is -2.40. The zero-order chi connectivity index (χ0) is 20.1. The molecule has 2 amide bonds. The molecular weight excluding hydrogens is 360 g/mol. The van der Waals surface area contributed by atoms with Crippen molar-refractivity contribution in [3.05, 3.63) is 39.9 Å². The van der Waals surface area contributed by atoms with Crippen molar-refractivity contribution in [1.82, 2.24) is 15.1 Å². The van der Waals surface area contributed by atoms with Gasteiger partial charge in [0.25, 0.3) is 11.6 Å². The highest BCUT2D eigenvalue weighted by Crippen LogP contribution is 2.31. The van der Waals surface area contributed by atoms with E-state index >= 15 is 0 Å². The molecule has 0 radical (unpaired) electrons. The number of nitro groups is 1. The fraction of sp³-hybridized carbons (Fsp3) is 0.600. The molecule has 1 saturated heterocycles. The maximum absolute atomic E-state index is 12.7. The van der Waals surface area contributed by atoms with Gasteiger partial charge in [0.05, 0.1) is 11.0 Å². The topological polar surface area (TPSA) is 95.8 Å². The zero-order valence-electron chi connectivity index (χ0n) is 16.3. The van der Waals surface area contributed by atoms with Crippen LogP contribution in [0.25, 0.3) is 0 Å². The van der Waals surface area contributed by atoms with Gasteiger partial charge in [-0.2, -0.15) is 0 Å². The lowest BCUT2D eigenvalue weighted by atomic mass is 9.95. The maximum Gasteiger partial charge on any atom is 0.269 e. The number of nitro benzene ring substituents is 1. The van der Waals surface area contributed by atoms with E-state index in [1.54, 1.807) is 4.90 Å². The molecule has 1 atom stereocenters. The van der Waals surface area contributed by atoms with E-state index in [-0.39, 0.29) is 23.5 Å². The first-order chi connectivity index (χ1) is 13.5. The molecule has 0 spiro atoms. The minimum atomic E-state index is -0.475. The number of carbonyl (C=O) groups is 2. The van der Waals surface area contributed by atoms with E-state index < -0.39 is 4.92 Å². The second-order valence-corrected chi connectivity index (χ2v) is 7.52. The van der Waals surface area contributed by atoms with Gasteiger partial charge in [0.15, 0.2) is 0 Å². The summed E-state index contributed by atoms with van der Waals surface area (Å²) in [7, 11) is 0. The van der Waals surface area contributed by atoms with Crippen molar-refractivity contribution in [2.24, 2.45) is 5.92 Å². The van der Waals surface area contributed by atoms with Gasteiger partial charge in [-0.15, -0.1) is 0 Å². The van der Waals surface area contributed by atoms with Crippen LogP contribution in [0.1, 0.15) is 43.0 Å². The number of amides is 2. The average Bonchev–Trinajstić information content (AvgIpc) is 3.23. The van der Waals surface area contributed by atoms with Crippen molar-refractivity contribution in [3.63, 3.8) is 0 Å². The van der Waals surface area contributed by atoms with Crippen LogP contribution in [0.4, 0.5) is 5.69 Å². The standard InChI is InChI=1S/C20H28N4O4/c1-2-21-19(25)18(15-5-3-4-6-15)22-11-13-23(14-12-22)20(26)16-7-9-17(10-8-16)24(27)28/h7-10,15,18H,2-6,11-14H2,1H3,(H,21,25). The van der Waals surface area contributed by atoms with Gasteiger partial charge in [-0.3, -0.25) is 24.6 Å². The van der Waals surface area contributed by atoms with Crippen LogP contribution in [-0.2, 0) is 4.79 Å². The third-order valence-electron chi connectivity index (χ3n) is 5.79. The first-order valence-electron chi connectivity index (χ1n) is 10.1. The summed E-state index contributed by atoms with van der Waals surface area (Å²) in [6.07, 6.45) is 4.53. The number of rotatable bonds is 6.